The molecule has 3 aromatic rings. The van der Waals surface area contributed by atoms with Crippen LogP contribution in [0.1, 0.15) is 11.4 Å². The van der Waals surface area contributed by atoms with Crippen LogP contribution >= 0.6 is 0 Å². The Hall–Kier alpha value is -2.25. The van der Waals surface area contributed by atoms with Gasteiger partial charge in [0, 0.05) is 26.3 Å². The number of ether oxygens (including phenoxy) is 2. The second kappa shape index (κ2) is 6.48. The molecular formula is C19H24N4O2Si. The van der Waals surface area contributed by atoms with Gasteiger partial charge in [-0.05, 0) is 36.2 Å². The van der Waals surface area contributed by atoms with Crippen molar-refractivity contribution in [2.24, 2.45) is 0 Å². The number of fused-ring (bicyclic) bond motifs is 4. The fourth-order valence-electron chi connectivity index (χ4n) is 3.06. The van der Waals surface area contributed by atoms with Crippen LogP contribution in [-0.2, 0) is 18.1 Å². The van der Waals surface area contributed by atoms with Crippen LogP contribution in [0.15, 0.2) is 24.5 Å². The second-order valence-corrected chi connectivity index (χ2v) is 13.6. The Kier molecular flexibility index (Phi) is 4.28. The van der Waals surface area contributed by atoms with E-state index in [-0.39, 0.29) is 0 Å². The van der Waals surface area contributed by atoms with Gasteiger partial charge in [-0.15, -0.1) is 0 Å². The van der Waals surface area contributed by atoms with Gasteiger partial charge >= 0.3 is 0 Å². The minimum Gasteiger partial charge on any atom is -0.472 e. The van der Waals surface area contributed by atoms with Crippen molar-refractivity contribution in [3.8, 4) is 17.0 Å². The fraction of sp³-hybridized carbons (Fsp3) is 0.421. The van der Waals surface area contributed by atoms with E-state index >= 15 is 0 Å². The molecule has 0 atom stereocenters. The molecule has 0 bridgehead atoms. The first-order chi connectivity index (χ1) is 12.4. The Morgan fingerprint density at radius 2 is 2.04 bits per heavy atom. The lowest BCUT2D eigenvalue weighted by Crippen LogP contribution is -2.22. The molecule has 0 amide bonds. The lowest BCUT2D eigenvalue weighted by atomic mass is 9.98. The molecule has 0 N–H and O–H groups in total. The Bertz CT molecular complexity index is 962. The van der Waals surface area contributed by atoms with Gasteiger partial charge < -0.3 is 9.47 Å². The van der Waals surface area contributed by atoms with Crippen molar-refractivity contribution in [1.82, 2.24) is 19.7 Å². The number of benzene rings is 1. The molecule has 0 unspecified atom stereocenters. The molecule has 3 heterocycles. The number of hydrogen-bond acceptors (Lipinski definition) is 5. The van der Waals surface area contributed by atoms with E-state index in [4.69, 9.17) is 9.47 Å². The van der Waals surface area contributed by atoms with Crippen LogP contribution in [0, 0.1) is 6.92 Å². The summed E-state index contributed by atoms with van der Waals surface area (Å²) >= 11 is 0. The lowest BCUT2D eigenvalue weighted by molar-refractivity contribution is 0.0817. The van der Waals surface area contributed by atoms with Gasteiger partial charge in [0.15, 0.2) is 0 Å². The van der Waals surface area contributed by atoms with Gasteiger partial charge in [0.2, 0.25) is 5.88 Å². The Morgan fingerprint density at radius 1 is 1.19 bits per heavy atom. The molecule has 26 heavy (non-hydrogen) atoms. The SMILES string of the molecule is Cc1ncc2c(n1)OCc1cc3c(cnn3COCC[Si](C)(C)C)cc1-2. The van der Waals surface area contributed by atoms with Crippen molar-refractivity contribution in [2.45, 2.75) is 45.9 Å². The highest BCUT2D eigenvalue weighted by atomic mass is 28.3. The molecule has 4 rings (SSSR count). The third-order valence-corrected chi connectivity index (χ3v) is 6.31. The third kappa shape index (κ3) is 3.36. The van der Waals surface area contributed by atoms with Crippen LogP contribution in [0.2, 0.25) is 25.7 Å². The van der Waals surface area contributed by atoms with Crippen molar-refractivity contribution in [1.29, 1.82) is 0 Å². The van der Waals surface area contributed by atoms with Crippen LogP contribution in [0.3, 0.4) is 0 Å². The van der Waals surface area contributed by atoms with E-state index < -0.39 is 8.07 Å². The number of aromatic nitrogens is 4. The topological polar surface area (TPSA) is 62.1 Å². The smallest absolute Gasteiger partial charge is 0.225 e. The summed E-state index contributed by atoms with van der Waals surface area (Å²) in [5.41, 5.74) is 4.26. The molecule has 0 fully saturated rings. The summed E-state index contributed by atoms with van der Waals surface area (Å²) in [6, 6.07) is 5.45. The van der Waals surface area contributed by atoms with Crippen LogP contribution in [-0.4, -0.2) is 34.4 Å². The monoisotopic (exact) mass is 368 g/mol. The van der Waals surface area contributed by atoms with Gasteiger partial charge in [-0.2, -0.15) is 10.1 Å². The number of rotatable bonds is 5. The van der Waals surface area contributed by atoms with Gasteiger partial charge in [0.05, 0.1) is 17.3 Å². The van der Waals surface area contributed by atoms with Gasteiger partial charge in [0.25, 0.3) is 0 Å². The zero-order valence-electron chi connectivity index (χ0n) is 15.7. The molecule has 1 aromatic carbocycles. The molecule has 6 nitrogen and oxygen atoms in total. The quantitative estimate of drug-likeness (QED) is 0.503. The summed E-state index contributed by atoms with van der Waals surface area (Å²) in [7, 11) is -1.07. The number of aryl methyl sites for hydroxylation is 1. The van der Waals surface area contributed by atoms with Crippen LogP contribution < -0.4 is 4.74 Å². The zero-order valence-corrected chi connectivity index (χ0v) is 16.7. The molecule has 1 aliphatic heterocycles. The first-order valence-electron chi connectivity index (χ1n) is 8.94. The summed E-state index contributed by atoms with van der Waals surface area (Å²) < 4.78 is 13.6. The summed E-state index contributed by atoms with van der Waals surface area (Å²) in [5, 5.41) is 5.59. The minimum atomic E-state index is -1.07. The highest BCUT2D eigenvalue weighted by Gasteiger charge is 2.21. The van der Waals surface area contributed by atoms with Crippen LogP contribution in [0.5, 0.6) is 5.88 Å². The number of nitrogens with zero attached hydrogens (tertiary/aromatic N) is 4. The van der Waals surface area contributed by atoms with Crippen LogP contribution in [0.25, 0.3) is 22.0 Å². The van der Waals surface area contributed by atoms with E-state index in [2.05, 4.69) is 46.8 Å². The molecule has 0 saturated carbocycles. The Labute approximate surface area is 154 Å². The van der Waals surface area contributed by atoms with E-state index in [1.807, 2.05) is 24.0 Å². The van der Waals surface area contributed by atoms with E-state index in [9.17, 15) is 0 Å². The molecule has 0 spiro atoms. The lowest BCUT2D eigenvalue weighted by Gasteiger charge is -2.20. The highest BCUT2D eigenvalue weighted by molar-refractivity contribution is 6.76. The summed E-state index contributed by atoms with van der Waals surface area (Å²) in [6.45, 7) is 10.7. The van der Waals surface area contributed by atoms with Gasteiger partial charge in [-0.3, -0.25) is 0 Å². The predicted octanol–water partition coefficient (Wildman–Crippen LogP) is 4.01. The van der Waals surface area contributed by atoms with Crippen molar-refractivity contribution in [3.63, 3.8) is 0 Å². The first-order valence-corrected chi connectivity index (χ1v) is 12.6. The molecule has 7 heteroatoms. The van der Waals surface area contributed by atoms with Crippen molar-refractivity contribution < 1.29 is 9.47 Å². The molecule has 2 aromatic heterocycles. The summed E-state index contributed by atoms with van der Waals surface area (Å²) in [5.74, 6) is 1.38. The molecule has 0 radical (unpaired) electrons. The second-order valence-electron chi connectivity index (χ2n) is 7.99. The van der Waals surface area contributed by atoms with Gasteiger partial charge in [-0.1, -0.05) is 19.6 Å². The maximum Gasteiger partial charge on any atom is 0.225 e. The maximum atomic E-state index is 5.86. The first kappa shape index (κ1) is 17.2. The molecule has 1 aliphatic rings. The maximum absolute atomic E-state index is 5.86. The van der Waals surface area contributed by atoms with Crippen LogP contribution in [0.4, 0.5) is 0 Å². The van der Waals surface area contributed by atoms with E-state index in [1.165, 1.54) is 0 Å². The largest absolute Gasteiger partial charge is 0.472 e. The Balaban J connectivity index is 1.60. The van der Waals surface area contributed by atoms with Crippen molar-refractivity contribution >= 4 is 19.0 Å². The normalized spacial score (nSPS) is 13.4. The molecular weight excluding hydrogens is 344 g/mol. The molecule has 0 aliphatic carbocycles. The number of hydrogen-bond donors (Lipinski definition) is 0. The van der Waals surface area contributed by atoms with E-state index in [0.29, 0.717) is 19.2 Å². The average molecular weight is 369 g/mol. The average Bonchev–Trinajstić information content (AvgIpc) is 2.98. The summed E-state index contributed by atoms with van der Waals surface area (Å²) in [6.07, 6.45) is 3.73. The zero-order chi connectivity index (χ0) is 18.3. The Morgan fingerprint density at radius 3 is 2.85 bits per heavy atom. The highest BCUT2D eigenvalue weighted by Crippen LogP contribution is 2.37. The predicted molar refractivity (Wildman–Crippen MR) is 104 cm³/mol. The van der Waals surface area contributed by atoms with E-state index in [1.54, 1.807) is 0 Å². The fourth-order valence-corrected chi connectivity index (χ4v) is 3.82. The van der Waals surface area contributed by atoms with Crippen molar-refractivity contribution in [3.05, 3.63) is 35.9 Å². The molecule has 0 saturated heterocycles. The van der Waals surface area contributed by atoms with Gasteiger partial charge in [-0.25, -0.2) is 9.67 Å². The minimum absolute atomic E-state index is 0.479. The van der Waals surface area contributed by atoms with Gasteiger partial charge in [0.1, 0.15) is 19.2 Å². The standard InChI is InChI=1S/C19H24N4O2Si/c1-13-20-10-17-16-7-14-9-21-23(12-24-5-6-26(2,3)4)18(14)8-15(16)11-25-19(17)22-13/h7-10H,5-6,11-12H2,1-4H3. The third-order valence-electron chi connectivity index (χ3n) is 4.61. The summed E-state index contributed by atoms with van der Waals surface area (Å²) in [4.78, 5) is 8.71. The van der Waals surface area contributed by atoms with E-state index in [0.717, 1.165) is 46.1 Å². The molecule has 136 valence electrons. The van der Waals surface area contributed by atoms with Crippen molar-refractivity contribution in [2.75, 3.05) is 6.61 Å².